The van der Waals surface area contributed by atoms with E-state index in [-0.39, 0.29) is 11.9 Å². The summed E-state index contributed by atoms with van der Waals surface area (Å²) in [5.74, 6) is -0.318. The zero-order valence-corrected chi connectivity index (χ0v) is 9.32. The maximum Gasteiger partial charge on any atom is 0.288 e. The number of amides is 1. The number of amidine groups is 1. The van der Waals surface area contributed by atoms with Gasteiger partial charge in [-0.2, -0.15) is 0 Å². The van der Waals surface area contributed by atoms with Crippen molar-refractivity contribution in [2.75, 3.05) is 6.61 Å². The van der Waals surface area contributed by atoms with Crippen LogP contribution in [0.15, 0.2) is 30.3 Å². The van der Waals surface area contributed by atoms with Gasteiger partial charge >= 0.3 is 0 Å². The summed E-state index contributed by atoms with van der Waals surface area (Å²) in [7, 11) is 0. The van der Waals surface area contributed by atoms with Crippen LogP contribution in [-0.4, -0.2) is 18.5 Å². The first-order valence-corrected chi connectivity index (χ1v) is 5.31. The number of hydrogen-bond donors (Lipinski definition) is 2. The van der Waals surface area contributed by atoms with Crippen molar-refractivity contribution in [2.45, 2.75) is 19.8 Å². The largest absolute Gasteiger partial charge is 0.465 e. The normalized spacial score (nSPS) is 9.56. The summed E-state index contributed by atoms with van der Waals surface area (Å²) in [6, 6.07) is 8.57. The molecular formula is C12H16N2O2. The Kier molecular flexibility index (Phi) is 5.05. The minimum absolute atomic E-state index is 0.192. The van der Waals surface area contributed by atoms with Crippen LogP contribution in [-0.2, 0) is 4.74 Å². The number of unbranched alkanes of at least 4 members (excludes halogenated alkanes) is 1. The molecule has 0 radical (unpaired) electrons. The average molecular weight is 220 g/mol. The van der Waals surface area contributed by atoms with E-state index in [4.69, 9.17) is 10.1 Å². The molecule has 0 fully saturated rings. The SMILES string of the molecule is CCCCOC(=N)NC(=O)c1ccccc1. The van der Waals surface area contributed by atoms with Gasteiger partial charge in [0.25, 0.3) is 11.9 Å². The van der Waals surface area contributed by atoms with Crippen molar-refractivity contribution in [2.24, 2.45) is 0 Å². The van der Waals surface area contributed by atoms with Gasteiger partial charge in [0.05, 0.1) is 6.61 Å². The first-order valence-electron chi connectivity index (χ1n) is 5.31. The van der Waals surface area contributed by atoms with Crippen LogP contribution in [0.3, 0.4) is 0 Å². The van der Waals surface area contributed by atoms with E-state index in [0.717, 1.165) is 12.8 Å². The number of benzene rings is 1. The summed E-state index contributed by atoms with van der Waals surface area (Å²) >= 11 is 0. The zero-order valence-electron chi connectivity index (χ0n) is 9.32. The van der Waals surface area contributed by atoms with Crippen molar-refractivity contribution in [3.63, 3.8) is 0 Å². The fourth-order valence-electron chi connectivity index (χ4n) is 1.12. The average Bonchev–Trinajstić information content (AvgIpc) is 2.30. The highest BCUT2D eigenvalue weighted by Gasteiger charge is 2.07. The Hall–Kier alpha value is -1.84. The van der Waals surface area contributed by atoms with Crippen molar-refractivity contribution in [3.05, 3.63) is 35.9 Å². The van der Waals surface area contributed by atoms with Crippen LogP contribution in [0.25, 0.3) is 0 Å². The topological polar surface area (TPSA) is 62.2 Å². The molecule has 0 aliphatic carbocycles. The fourth-order valence-corrected chi connectivity index (χ4v) is 1.12. The van der Waals surface area contributed by atoms with Gasteiger partial charge in [-0.25, -0.2) is 0 Å². The van der Waals surface area contributed by atoms with Crippen molar-refractivity contribution in [3.8, 4) is 0 Å². The number of carbonyl (C=O) groups is 1. The van der Waals surface area contributed by atoms with Gasteiger partial charge in [0.1, 0.15) is 0 Å². The van der Waals surface area contributed by atoms with Gasteiger partial charge < -0.3 is 4.74 Å². The van der Waals surface area contributed by atoms with E-state index < -0.39 is 0 Å². The lowest BCUT2D eigenvalue weighted by atomic mass is 10.2. The quantitative estimate of drug-likeness (QED) is 0.464. The highest BCUT2D eigenvalue weighted by molar-refractivity contribution is 6.03. The van der Waals surface area contributed by atoms with Crippen LogP contribution >= 0.6 is 0 Å². The predicted octanol–water partition coefficient (Wildman–Crippen LogP) is 2.17. The molecule has 0 aliphatic heterocycles. The van der Waals surface area contributed by atoms with Crippen LogP contribution in [0.4, 0.5) is 0 Å². The number of hydrogen-bond acceptors (Lipinski definition) is 3. The molecule has 1 amide bonds. The van der Waals surface area contributed by atoms with E-state index in [2.05, 4.69) is 5.32 Å². The summed E-state index contributed by atoms with van der Waals surface area (Å²) in [6.07, 6.45) is 1.88. The lowest BCUT2D eigenvalue weighted by Crippen LogP contribution is -2.31. The third kappa shape index (κ3) is 4.13. The Bertz CT molecular complexity index is 349. The third-order valence-electron chi connectivity index (χ3n) is 2.01. The summed E-state index contributed by atoms with van der Waals surface area (Å²) in [5.41, 5.74) is 0.520. The fraction of sp³-hybridized carbons (Fsp3) is 0.333. The molecule has 86 valence electrons. The van der Waals surface area contributed by atoms with E-state index in [1.54, 1.807) is 24.3 Å². The molecule has 2 N–H and O–H groups in total. The second-order valence-corrected chi connectivity index (χ2v) is 3.35. The van der Waals surface area contributed by atoms with Gasteiger partial charge in [-0.15, -0.1) is 0 Å². The van der Waals surface area contributed by atoms with Gasteiger partial charge in [-0.1, -0.05) is 31.5 Å². The standard InChI is InChI=1S/C12H16N2O2/c1-2-3-9-16-12(13)14-11(15)10-7-5-4-6-8-10/h4-8H,2-3,9H2,1H3,(H2,13,14,15). The van der Waals surface area contributed by atoms with Crippen LogP contribution in [0.5, 0.6) is 0 Å². The van der Waals surface area contributed by atoms with Crippen molar-refractivity contribution in [1.82, 2.24) is 5.32 Å². The zero-order chi connectivity index (χ0) is 11.8. The maximum absolute atomic E-state index is 11.6. The minimum atomic E-state index is -0.318. The smallest absolute Gasteiger partial charge is 0.288 e. The Morgan fingerprint density at radius 1 is 1.38 bits per heavy atom. The second-order valence-electron chi connectivity index (χ2n) is 3.35. The predicted molar refractivity (Wildman–Crippen MR) is 62.5 cm³/mol. The molecule has 0 saturated heterocycles. The molecule has 0 saturated carbocycles. The van der Waals surface area contributed by atoms with Crippen molar-refractivity contribution >= 4 is 11.9 Å². The van der Waals surface area contributed by atoms with Crippen LogP contribution in [0.2, 0.25) is 0 Å². The Morgan fingerprint density at radius 3 is 2.69 bits per heavy atom. The number of ether oxygens (including phenoxy) is 1. The molecule has 0 aliphatic rings. The van der Waals surface area contributed by atoms with E-state index >= 15 is 0 Å². The van der Waals surface area contributed by atoms with Gasteiger partial charge in [0, 0.05) is 5.56 Å². The molecular weight excluding hydrogens is 204 g/mol. The molecule has 4 heteroatoms. The first kappa shape index (κ1) is 12.2. The Labute approximate surface area is 95.1 Å². The molecule has 0 unspecified atom stereocenters. The van der Waals surface area contributed by atoms with E-state index in [1.165, 1.54) is 0 Å². The molecule has 1 rings (SSSR count). The molecule has 1 aromatic rings. The summed E-state index contributed by atoms with van der Waals surface area (Å²) in [4.78, 5) is 11.6. The summed E-state index contributed by atoms with van der Waals surface area (Å²) < 4.78 is 5.03. The lowest BCUT2D eigenvalue weighted by molar-refractivity contribution is 0.0965. The summed E-state index contributed by atoms with van der Waals surface area (Å²) in [6.45, 7) is 2.50. The Morgan fingerprint density at radius 2 is 2.06 bits per heavy atom. The van der Waals surface area contributed by atoms with Crippen LogP contribution in [0, 0.1) is 5.41 Å². The molecule has 0 heterocycles. The second kappa shape index (κ2) is 6.61. The molecule has 16 heavy (non-hydrogen) atoms. The van der Waals surface area contributed by atoms with Gasteiger partial charge in [0.2, 0.25) is 0 Å². The van der Waals surface area contributed by atoms with Crippen LogP contribution in [0.1, 0.15) is 30.1 Å². The highest BCUT2D eigenvalue weighted by Crippen LogP contribution is 1.97. The summed E-state index contributed by atoms with van der Waals surface area (Å²) in [5, 5.41) is 9.77. The van der Waals surface area contributed by atoms with E-state index in [1.807, 2.05) is 13.0 Å². The van der Waals surface area contributed by atoms with Crippen LogP contribution < -0.4 is 5.32 Å². The van der Waals surface area contributed by atoms with Gasteiger partial charge in [-0.3, -0.25) is 15.5 Å². The van der Waals surface area contributed by atoms with Crippen molar-refractivity contribution < 1.29 is 9.53 Å². The molecule has 0 bridgehead atoms. The molecule has 0 spiro atoms. The van der Waals surface area contributed by atoms with E-state index in [9.17, 15) is 4.79 Å². The van der Waals surface area contributed by atoms with Gasteiger partial charge in [-0.05, 0) is 18.6 Å². The molecule has 0 aromatic heterocycles. The Balaban J connectivity index is 2.37. The number of carbonyl (C=O) groups excluding carboxylic acids is 1. The maximum atomic E-state index is 11.6. The molecule has 4 nitrogen and oxygen atoms in total. The lowest BCUT2D eigenvalue weighted by Gasteiger charge is -2.07. The number of rotatable bonds is 4. The van der Waals surface area contributed by atoms with Gasteiger partial charge in [0.15, 0.2) is 0 Å². The third-order valence-corrected chi connectivity index (χ3v) is 2.01. The van der Waals surface area contributed by atoms with E-state index in [0.29, 0.717) is 12.2 Å². The first-order chi connectivity index (χ1) is 7.74. The molecule has 1 aromatic carbocycles. The minimum Gasteiger partial charge on any atom is -0.465 e. The number of nitrogens with one attached hydrogen (secondary N) is 2. The van der Waals surface area contributed by atoms with Crippen molar-refractivity contribution in [1.29, 1.82) is 5.41 Å². The highest BCUT2D eigenvalue weighted by atomic mass is 16.5. The monoisotopic (exact) mass is 220 g/mol. The molecule has 0 atom stereocenters.